The molecule has 0 bridgehead atoms. The summed E-state index contributed by atoms with van der Waals surface area (Å²) >= 11 is 3.25. The zero-order valence-electron chi connectivity index (χ0n) is 9.89. The third kappa shape index (κ3) is 3.43. The Labute approximate surface area is 114 Å². The third-order valence-corrected chi connectivity index (χ3v) is 3.46. The Kier molecular flexibility index (Phi) is 4.54. The van der Waals surface area contributed by atoms with Crippen LogP contribution in [-0.2, 0) is 4.74 Å². The molecule has 0 aromatic heterocycles. The topological polar surface area (TPSA) is 64.4 Å². The molecule has 1 aliphatic rings. The number of halogens is 1. The standard InChI is InChI=1S/C12H15BrN2O3/c13-9-3-4-11(12(8-9)15(16)17)14-10-2-1-6-18-7-5-10/h3-4,8,10,14H,1-2,5-7H2. The Hall–Kier alpha value is -1.14. The minimum absolute atomic E-state index is 0.106. The van der Waals surface area contributed by atoms with Crippen molar-refractivity contribution in [3.05, 3.63) is 32.8 Å². The van der Waals surface area contributed by atoms with E-state index in [-0.39, 0.29) is 16.7 Å². The van der Waals surface area contributed by atoms with Gasteiger partial charge in [-0.05, 0) is 31.4 Å². The van der Waals surface area contributed by atoms with Crippen LogP contribution in [0.15, 0.2) is 22.7 Å². The third-order valence-electron chi connectivity index (χ3n) is 2.97. The lowest BCUT2D eigenvalue weighted by molar-refractivity contribution is -0.384. The van der Waals surface area contributed by atoms with E-state index < -0.39 is 0 Å². The summed E-state index contributed by atoms with van der Waals surface area (Å²) in [7, 11) is 0. The van der Waals surface area contributed by atoms with E-state index in [1.165, 1.54) is 6.07 Å². The second kappa shape index (κ2) is 6.15. The van der Waals surface area contributed by atoms with Gasteiger partial charge in [0.15, 0.2) is 0 Å². The molecule has 1 N–H and O–H groups in total. The van der Waals surface area contributed by atoms with Gasteiger partial charge in [-0.2, -0.15) is 0 Å². The fraction of sp³-hybridized carbons (Fsp3) is 0.500. The van der Waals surface area contributed by atoms with Gasteiger partial charge in [0.05, 0.1) is 4.92 Å². The number of rotatable bonds is 3. The molecule has 1 aliphatic heterocycles. The molecule has 1 atom stereocenters. The van der Waals surface area contributed by atoms with Crippen molar-refractivity contribution in [2.24, 2.45) is 0 Å². The fourth-order valence-corrected chi connectivity index (χ4v) is 2.39. The number of benzene rings is 1. The molecule has 98 valence electrons. The molecule has 1 heterocycles. The molecular formula is C12H15BrN2O3. The molecule has 0 saturated carbocycles. The maximum absolute atomic E-state index is 11.0. The summed E-state index contributed by atoms with van der Waals surface area (Å²) in [6, 6.07) is 5.32. The van der Waals surface area contributed by atoms with Crippen LogP contribution < -0.4 is 5.32 Å². The maximum Gasteiger partial charge on any atom is 0.293 e. The molecule has 0 radical (unpaired) electrons. The molecule has 1 unspecified atom stereocenters. The van der Waals surface area contributed by atoms with Crippen molar-refractivity contribution in [3.63, 3.8) is 0 Å². The van der Waals surface area contributed by atoms with Crippen LogP contribution in [0.1, 0.15) is 19.3 Å². The van der Waals surface area contributed by atoms with E-state index in [2.05, 4.69) is 21.2 Å². The SMILES string of the molecule is O=[N+]([O-])c1cc(Br)ccc1NC1CCCOCC1. The maximum atomic E-state index is 11.0. The highest BCUT2D eigenvalue weighted by molar-refractivity contribution is 9.10. The molecule has 1 fully saturated rings. The van der Waals surface area contributed by atoms with Crippen molar-refractivity contribution in [2.75, 3.05) is 18.5 Å². The molecular weight excluding hydrogens is 300 g/mol. The molecule has 1 saturated heterocycles. The van der Waals surface area contributed by atoms with Gasteiger partial charge in [0.25, 0.3) is 5.69 Å². The number of ether oxygens (including phenoxy) is 1. The summed E-state index contributed by atoms with van der Waals surface area (Å²) in [6.07, 6.45) is 2.85. The summed E-state index contributed by atoms with van der Waals surface area (Å²) in [5, 5.41) is 14.3. The van der Waals surface area contributed by atoms with Crippen molar-refractivity contribution in [2.45, 2.75) is 25.3 Å². The van der Waals surface area contributed by atoms with Gasteiger partial charge in [-0.15, -0.1) is 0 Å². The zero-order chi connectivity index (χ0) is 13.0. The largest absolute Gasteiger partial charge is 0.381 e. The summed E-state index contributed by atoms with van der Waals surface area (Å²) in [5.41, 5.74) is 0.685. The number of anilines is 1. The van der Waals surface area contributed by atoms with E-state index in [1.54, 1.807) is 6.07 Å². The van der Waals surface area contributed by atoms with Crippen LogP contribution in [0, 0.1) is 10.1 Å². The average molecular weight is 315 g/mol. The van der Waals surface area contributed by atoms with Crippen LogP contribution in [0.4, 0.5) is 11.4 Å². The van der Waals surface area contributed by atoms with Gasteiger partial charge in [0.1, 0.15) is 5.69 Å². The Bertz CT molecular complexity index is 431. The first-order chi connectivity index (χ1) is 8.66. The first-order valence-electron chi connectivity index (χ1n) is 5.95. The minimum atomic E-state index is -0.361. The monoisotopic (exact) mass is 314 g/mol. The Balaban J connectivity index is 2.14. The molecule has 0 spiro atoms. The van der Waals surface area contributed by atoms with Crippen molar-refractivity contribution in [1.82, 2.24) is 0 Å². The molecule has 5 nitrogen and oxygen atoms in total. The van der Waals surface area contributed by atoms with E-state index in [4.69, 9.17) is 4.74 Å². The number of hydrogen-bond donors (Lipinski definition) is 1. The Morgan fingerprint density at radius 2 is 2.22 bits per heavy atom. The fourth-order valence-electron chi connectivity index (χ4n) is 2.05. The van der Waals surface area contributed by atoms with Gasteiger partial charge in [-0.25, -0.2) is 0 Å². The van der Waals surface area contributed by atoms with Crippen molar-refractivity contribution >= 4 is 27.3 Å². The summed E-state index contributed by atoms with van der Waals surface area (Å²) in [5.74, 6) is 0. The summed E-state index contributed by atoms with van der Waals surface area (Å²) in [6.45, 7) is 1.49. The van der Waals surface area contributed by atoms with Crippen LogP contribution in [0.3, 0.4) is 0 Å². The highest BCUT2D eigenvalue weighted by Crippen LogP contribution is 2.29. The first kappa shape index (κ1) is 13.3. The van der Waals surface area contributed by atoms with Crippen molar-refractivity contribution in [3.8, 4) is 0 Å². The second-order valence-electron chi connectivity index (χ2n) is 4.30. The van der Waals surface area contributed by atoms with Crippen LogP contribution in [0.5, 0.6) is 0 Å². The molecule has 0 amide bonds. The van der Waals surface area contributed by atoms with Crippen molar-refractivity contribution in [1.29, 1.82) is 0 Å². The van der Waals surface area contributed by atoms with Gasteiger partial charge in [-0.3, -0.25) is 10.1 Å². The van der Waals surface area contributed by atoms with Gasteiger partial charge in [0.2, 0.25) is 0 Å². The number of hydrogen-bond acceptors (Lipinski definition) is 4. The number of nitro benzene ring substituents is 1. The Morgan fingerprint density at radius 3 is 3.00 bits per heavy atom. The van der Waals surface area contributed by atoms with E-state index in [0.29, 0.717) is 16.8 Å². The molecule has 18 heavy (non-hydrogen) atoms. The lowest BCUT2D eigenvalue weighted by Crippen LogP contribution is -2.20. The van der Waals surface area contributed by atoms with Gasteiger partial charge in [0, 0.05) is 29.8 Å². The number of nitrogens with zero attached hydrogens (tertiary/aromatic N) is 1. The van der Waals surface area contributed by atoms with Crippen LogP contribution >= 0.6 is 15.9 Å². The predicted molar refractivity (Wildman–Crippen MR) is 72.9 cm³/mol. The smallest absolute Gasteiger partial charge is 0.293 e. The molecule has 2 rings (SSSR count). The molecule has 6 heteroatoms. The predicted octanol–water partition coefficient (Wildman–Crippen LogP) is 3.34. The first-order valence-corrected chi connectivity index (χ1v) is 6.74. The lowest BCUT2D eigenvalue weighted by Gasteiger charge is -2.17. The van der Waals surface area contributed by atoms with E-state index >= 15 is 0 Å². The lowest BCUT2D eigenvalue weighted by atomic mass is 10.1. The van der Waals surface area contributed by atoms with Crippen LogP contribution in [-0.4, -0.2) is 24.2 Å². The van der Waals surface area contributed by atoms with Gasteiger partial charge in [-0.1, -0.05) is 15.9 Å². The molecule has 0 aliphatic carbocycles. The minimum Gasteiger partial charge on any atom is -0.381 e. The van der Waals surface area contributed by atoms with E-state index in [0.717, 1.165) is 25.9 Å². The zero-order valence-corrected chi connectivity index (χ0v) is 11.5. The number of nitrogens with one attached hydrogen (secondary N) is 1. The molecule has 1 aromatic rings. The van der Waals surface area contributed by atoms with E-state index in [1.807, 2.05) is 6.07 Å². The average Bonchev–Trinajstić information content (AvgIpc) is 2.60. The summed E-state index contributed by atoms with van der Waals surface area (Å²) < 4.78 is 6.09. The summed E-state index contributed by atoms with van der Waals surface area (Å²) in [4.78, 5) is 10.6. The van der Waals surface area contributed by atoms with Crippen LogP contribution in [0.25, 0.3) is 0 Å². The highest BCUT2D eigenvalue weighted by atomic mass is 79.9. The van der Waals surface area contributed by atoms with E-state index in [9.17, 15) is 10.1 Å². The number of nitro groups is 1. The van der Waals surface area contributed by atoms with Crippen molar-refractivity contribution < 1.29 is 9.66 Å². The quantitative estimate of drug-likeness (QED) is 0.686. The van der Waals surface area contributed by atoms with Crippen LogP contribution in [0.2, 0.25) is 0 Å². The highest BCUT2D eigenvalue weighted by Gasteiger charge is 2.18. The Morgan fingerprint density at radius 1 is 1.39 bits per heavy atom. The second-order valence-corrected chi connectivity index (χ2v) is 5.22. The molecule has 1 aromatic carbocycles. The van der Waals surface area contributed by atoms with Gasteiger partial charge < -0.3 is 10.1 Å². The van der Waals surface area contributed by atoms with Gasteiger partial charge >= 0.3 is 0 Å². The normalized spacial score (nSPS) is 20.2.